The van der Waals surface area contributed by atoms with Crippen molar-refractivity contribution in [3.63, 3.8) is 0 Å². The number of rotatable bonds is 7. The van der Waals surface area contributed by atoms with Crippen molar-refractivity contribution in [1.29, 1.82) is 0 Å². The lowest BCUT2D eigenvalue weighted by Crippen LogP contribution is -2.30. The molecule has 0 N–H and O–H groups in total. The largest absolute Gasteiger partial charge is 0.472 e. The normalized spacial score (nSPS) is 11.1. The van der Waals surface area contributed by atoms with Gasteiger partial charge in [0, 0.05) is 29.6 Å². The van der Waals surface area contributed by atoms with Crippen LogP contribution in [-0.4, -0.2) is 17.4 Å². The molecule has 118 valence electrons. The van der Waals surface area contributed by atoms with Crippen molar-refractivity contribution in [2.75, 3.05) is 6.54 Å². The number of hydrogen-bond acceptors (Lipinski definition) is 4. The van der Waals surface area contributed by atoms with E-state index in [0.29, 0.717) is 18.8 Å². The predicted molar refractivity (Wildman–Crippen MR) is 89.9 cm³/mol. The van der Waals surface area contributed by atoms with Crippen LogP contribution in [0.3, 0.4) is 0 Å². The van der Waals surface area contributed by atoms with Crippen LogP contribution in [0.4, 0.5) is 0 Å². The molecule has 0 saturated carbocycles. The molecule has 0 aromatic carbocycles. The first-order valence-electron chi connectivity index (χ1n) is 7.35. The first-order valence-corrected chi connectivity index (χ1v) is 8.23. The van der Waals surface area contributed by atoms with E-state index in [4.69, 9.17) is 8.83 Å². The van der Waals surface area contributed by atoms with Crippen LogP contribution in [0.15, 0.2) is 69.4 Å². The highest BCUT2D eigenvalue weighted by atomic mass is 32.1. The average molecular weight is 327 g/mol. The zero-order valence-corrected chi connectivity index (χ0v) is 13.4. The molecule has 5 heteroatoms. The van der Waals surface area contributed by atoms with Gasteiger partial charge < -0.3 is 13.7 Å². The summed E-state index contributed by atoms with van der Waals surface area (Å²) in [7, 11) is 0. The topological polar surface area (TPSA) is 46.6 Å². The highest BCUT2D eigenvalue weighted by Crippen LogP contribution is 2.13. The SMILES string of the molecule is O=C(C=Cc1ccco1)N(CCc1cccs1)Cc1ccoc1. The van der Waals surface area contributed by atoms with Crippen LogP contribution in [0.1, 0.15) is 16.2 Å². The molecule has 0 atom stereocenters. The van der Waals surface area contributed by atoms with Gasteiger partial charge >= 0.3 is 0 Å². The monoisotopic (exact) mass is 327 g/mol. The molecule has 0 bridgehead atoms. The average Bonchev–Trinajstić information content (AvgIpc) is 3.32. The lowest BCUT2D eigenvalue weighted by Gasteiger charge is -2.20. The Kier molecular flexibility index (Phi) is 5.11. The standard InChI is InChI=1S/C18H17NO3S/c20-18(6-5-16-3-1-10-22-16)19(13-15-8-11-21-14-15)9-7-17-4-2-12-23-17/h1-6,8,10-12,14H,7,9,13H2. The summed E-state index contributed by atoms with van der Waals surface area (Å²) in [5.74, 6) is 0.624. The van der Waals surface area contributed by atoms with E-state index in [1.54, 1.807) is 48.3 Å². The van der Waals surface area contributed by atoms with Gasteiger partial charge in [-0.1, -0.05) is 6.07 Å². The van der Waals surface area contributed by atoms with Crippen LogP contribution >= 0.6 is 11.3 Å². The van der Waals surface area contributed by atoms with Gasteiger partial charge in [0.2, 0.25) is 5.91 Å². The minimum atomic E-state index is -0.0424. The van der Waals surface area contributed by atoms with Gasteiger partial charge in [-0.2, -0.15) is 0 Å². The third-order valence-electron chi connectivity index (χ3n) is 3.41. The van der Waals surface area contributed by atoms with Crippen molar-refractivity contribution in [2.24, 2.45) is 0 Å². The van der Waals surface area contributed by atoms with Crippen molar-refractivity contribution in [3.05, 3.63) is 76.8 Å². The summed E-state index contributed by atoms with van der Waals surface area (Å²) in [6, 6.07) is 9.60. The Morgan fingerprint density at radius 3 is 2.87 bits per heavy atom. The second kappa shape index (κ2) is 7.65. The lowest BCUT2D eigenvalue weighted by molar-refractivity contribution is -0.126. The summed E-state index contributed by atoms with van der Waals surface area (Å²) in [5.41, 5.74) is 0.982. The van der Waals surface area contributed by atoms with E-state index in [0.717, 1.165) is 12.0 Å². The maximum atomic E-state index is 12.5. The summed E-state index contributed by atoms with van der Waals surface area (Å²) in [6.07, 6.45) is 8.96. The molecule has 0 radical (unpaired) electrons. The van der Waals surface area contributed by atoms with E-state index in [-0.39, 0.29) is 5.91 Å². The zero-order chi connectivity index (χ0) is 15.9. The van der Waals surface area contributed by atoms with E-state index in [1.807, 2.05) is 28.5 Å². The summed E-state index contributed by atoms with van der Waals surface area (Å²) in [4.78, 5) is 15.6. The number of nitrogens with zero attached hydrogens (tertiary/aromatic N) is 1. The van der Waals surface area contributed by atoms with E-state index in [9.17, 15) is 4.79 Å². The molecule has 0 fully saturated rings. The molecule has 3 aromatic heterocycles. The molecule has 0 aliphatic rings. The van der Waals surface area contributed by atoms with Crippen LogP contribution in [0.2, 0.25) is 0 Å². The second-order valence-corrected chi connectivity index (χ2v) is 6.10. The van der Waals surface area contributed by atoms with Gasteiger partial charge in [-0.25, -0.2) is 0 Å². The first kappa shape index (κ1) is 15.4. The summed E-state index contributed by atoms with van der Waals surface area (Å²) in [5, 5.41) is 2.05. The van der Waals surface area contributed by atoms with E-state index in [2.05, 4.69) is 6.07 Å². The number of hydrogen-bond donors (Lipinski definition) is 0. The Labute approximate surface area is 138 Å². The maximum Gasteiger partial charge on any atom is 0.247 e. The highest BCUT2D eigenvalue weighted by molar-refractivity contribution is 7.09. The van der Waals surface area contributed by atoms with Crippen LogP contribution in [0, 0.1) is 0 Å². The quantitative estimate of drug-likeness (QED) is 0.610. The Balaban J connectivity index is 1.66. The minimum Gasteiger partial charge on any atom is -0.472 e. The number of furan rings is 2. The summed E-state index contributed by atoms with van der Waals surface area (Å²) < 4.78 is 10.3. The molecule has 0 aliphatic carbocycles. The predicted octanol–water partition coefficient (Wildman–Crippen LogP) is 4.22. The van der Waals surface area contributed by atoms with E-state index >= 15 is 0 Å². The molecule has 0 aliphatic heterocycles. The van der Waals surface area contributed by atoms with Crippen molar-refractivity contribution in [1.82, 2.24) is 4.90 Å². The molecule has 0 saturated heterocycles. The maximum absolute atomic E-state index is 12.5. The van der Waals surface area contributed by atoms with Crippen LogP contribution < -0.4 is 0 Å². The van der Waals surface area contributed by atoms with Gasteiger partial charge in [0.1, 0.15) is 5.76 Å². The van der Waals surface area contributed by atoms with Gasteiger partial charge in [0.15, 0.2) is 0 Å². The molecule has 1 amide bonds. The minimum absolute atomic E-state index is 0.0424. The van der Waals surface area contributed by atoms with Crippen molar-refractivity contribution < 1.29 is 13.6 Å². The van der Waals surface area contributed by atoms with E-state index in [1.165, 1.54) is 4.88 Å². The fraction of sp³-hybridized carbons (Fsp3) is 0.167. The smallest absolute Gasteiger partial charge is 0.247 e. The fourth-order valence-corrected chi connectivity index (χ4v) is 2.91. The molecule has 3 heterocycles. The zero-order valence-electron chi connectivity index (χ0n) is 12.6. The molecule has 4 nitrogen and oxygen atoms in total. The molecular weight excluding hydrogens is 310 g/mol. The molecular formula is C18H17NO3S. The highest BCUT2D eigenvalue weighted by Gasteiger charge is 2.12. The first-order chi connectivity index (χ1) is 11.3. The van der Waals surface area contributed by atoms with Gasteiger partial charge in [-0.05, 0) is 42.1 Å². The van der Waals surface area contributed by atoms with Gasteiger partial charge in [0.05, 0.1) is 18.8 Å². The number of amides is 1. The Morgan fingerprint density at radius 2 is 2.17 bits per heavy atom. The molecule has 3 aromatic rings. The van der Waals surface area contributed by atoms with Crippen LogP contribution in [0.5, 0.6) is 0 Å². The van der Waals surface area contributed by atoms with Crippen molar-refractivity contribution >= 4 is 23.3 Å². The van der Waals surface area contributed by atoms with Gasteiger partial charge in [-0.3, -0.25) is 4.79 Å². The number of thiophene rings is 1. The number of carbonyl (C=O) groups is 1. The summed E-state index contributed by atoms with van der Waals surface area (Å²) in [6.45, 7) is 1.19. The third kappa shape index (κ3) is 4.47. The molecule has 0 unspecified atom stereocenters. The van der Waals surface area contributed by atoms with Crippen LogP contribution in [-0.2, 0) is 17.8 Å². The van der Waals surface area contributed by atoms with Crippen molar-refractivity contribution in [3.8, 4) is 0 Å². The van der Waals surface area contributed by atoms with E-state index < -0.39 is 0 Å². The molecule has 3 rings (SSSR count). The van der Waals surface area contributed by atoms with Gasteiger partial charge in [0.25, 0.3) is 0 Å². The van der Waals surface area contributed by atoms with Gasteiger partial charge in [-0.15, -0.1) is 11.3 Å². The molecule has 0 spiro atoms. The summed E-state index contributed by atoms with van der Waals surface area (Å²) >= 11 is 1.71. The molecule has 23 heavy (non-hydrogen) atoms. The number of carbonyl (C=O) groups excluding carboxylic acids is 1. The van der Waals surface area contributed by atoms with Crippen LogP contribution in [0.25, 0.3) is 6.08 Å². The fourth-order valence-electron chi connectivity index (χ4n) is 2.22. The lowest BCUT2D eigenvalue weighted by atomic mass is 10.2. The Morgan fingerprint density at radius 1 is 1.22 bits per heavy atom. The Bertz CT molecular complexity index is 727. The third-order valence-corrected chi connectivity index (χ3v) is 4.34. The second-order valence-electron chi connectivity index (χ2n) is 5.07. The Hall–Kier alpha value is -2.53. The van der Waals surface area contributed by atoms with Crippen molar-refractivity contribution in [2.45, 2.75) is 13.0 Å².